The van der Waals surface area contributed by atoms with Crippen LogP contribution in [0.2, 0.25) is 0 Å². The first-order valence-corrected chi connectivity index (χ1v) is 10.7. The van der Waals surface area contributed by atoms with E-state index < -0.39 is 39.5 Å². The summed E-state index contributed by atoms with van der Waals surface area (Å²) in [6.45, 7) is -0.444. The van der Waals surface area contributed by atoms with Gasteiger partial charge in [-0.25, -0.2) is 8.42 Å². The molecule has 2 fully saturated rings. The molecular formula is C14H13BrN2O6S2. The summed E-state index contributed by atoms with van der Waals surface area (Å²) < 4.78 is 28.5. The predicted molar refractivity (Wildman–Crippen MR) is 94.3 cm³/mol. The van der Waals surface area contributed by atoms with E-state index in [1.165, 1.54) is 6.08 Å². The van der Waals surface area contributed by atoms with Gasteiger partial charge in [0.2, 0.25) is 5.91 Å². The number of hydrogen-bond donors (Lipinski definition) is 1. The van der Waals surface area contributed by atoms with E-state index in [-0.39, 0.29) is 16.4 Å². The Bertz CT molecular complexity index is 876. The third-order valence-corrected chi connectivity index (χ3v) is 6.74. The molecule has 0 aliphatic carbocycles. The molecular weight excluding hydrogens is 436 g/mol. The number of sulfone groups is 1. The fraction of sp³-hybridized carbons (Fsp3) is 0.357. The number of rotatable bonds is 4. The van der Waals surface area contributed by atoms with E-state index in [2.05, 4.69) is 21.2 Å². The standard InChI is InChI=1S/C14H13BrN2O6S2/c15-11-2-1-9(23-11)5-10-13(19)17(14(20)24-10)6-12(18)16-8-3-4-25(21,22)7-8/h1-2,5,8H,3-4,6-7H2,(H,16,18). The van der Waals surface area contributed by atoms with Gasteiger partial charge in [-0.3, -0.25) is 19.3 Å². The third-order valence-electron chi connectivity index (χ3n) is 3.64. The molecule has 0 bridgehead atoms. The van der Waals surface area contributed by atoms with Crippen molar-refractivity contribution in [2.45, 2.75) is 12.5 Å². The number of amides is 3. The second-order valence-corrected chi connectivity index (χ2v) is 9.58. The van der Waals surface area contributed by atoms with E-state index in [0.717, 1.165) is 16.7 Å². The number of carbonyl (C=O) groups is 3. The Balaban J connectivity index is 1.63. The highest BCUT2D eigenvalue weighted by molar-refractivity contribution is 9.10. The Morgan fingerprint density at radius 3 is 2.80 bits per heavy atom. The molecule has 25 heavy (non-hydrogen) atoms. The van der Waals surface area contributed by atoms with Gasteiger partial charge in [0.25, 0.3) is 11.1 Å². The smallest absolute Gasteiger partial charge is 0.294 e. The van der Waals surface area contributed by atoms with E-state index in [1.54, 1.807) is 12.1 Å². The first-order valence-electron chi connectivity index (χ1n) is 7.24. The van der Waals surface area contributed by atoms with E-state index in [4.69, 9.17) is 4.42 Å². The normalized spacial score (nSPS) is 24.3. The van der Waals surface area contributed by atoms with Crippen LogP contribution in [0.3, 0.4) is 0 Å². The van der Waals surface area contributed by atoms with Gasteiger partial charge in [-0.15, -0.1) is 0 Å². The topological polar surface area (TPSA) is 114 Å². The molecule has 3 rings (SSSR count). The molecule has 0 spiro atoms. The third kappa shape index (κ3) is 4.33. The maximum absolute atomic E-state index is 12.3. The minimum atomic E-state index is -3.12. The lowest BCUT2D eigenvalue weighted by molar-refractivity contribution is -0.129. The second-order valence-electron chi connectivity index (χ2n) is 5.58. The Labute approximate surface area is 156 Å². The largest absolute Gasteiger partial charge is 0.450 e. The van der Waals surface area contributed by atoms with Crippen molar-refractivity contribution in [3.05, 3.63) is 27.5 Å². The van der Waals surface area contributed by atoms with Gasteiger partial charge in [0.05, 0.1) is 16.4 Å². The summed E-state index contributed by atoms with van der Waals surface area (Å²) >= 11 is 3.86. The summed E-state index contributed by atoms with van der Waals surface area (Å²) in [6.07, 6.45) is 1.76. The molecule has 134 valence electrons. The van der Waals surface area contributed by atoms with E-state index >= 15 is 0 Å². The number of thioether (sulfide) groups is 1. The van der Waals surface area contributed by atoms with Crippen molar-refractivity contribution in [2.75, 3.05) is 18.1 Å². The van der Waals surface area contributed by atoms with Crippen LogP contribution >= 0.6 is 27.7 Å². The summed E-state index contributed by atoms with van der Waals surface area (Å²) in [5, 5.41) is 1.99. The molecule has 1 aromatic heterocycles. The van der Waals surface area contributed by atoms with Crippen molar-refractivity contribution >= 4 is 60.7 Å². The molecule has 0 aromatic carbocycles. The van der Waals surface area contributed by atoms with Crippen LogP contribution in [0.25, 0.3) is 6.08 Å². The molecule has 2 saturated heterocycles. The van der Waals surface area contributed by atoms with Gasteiger partial charge in [-0.2, -0.15) is 0 Å². The first kappa shape index (κ1) is 18.2. The van der Waals surface area contributed by atoms with Crippen LogP contribution < -0.4 is 5.32 Å². The Kier molecular flexibility index (Phi) is 5.07. The van der Waals surface area contributed by atoms with Crippen LogP contribution in [-0.2, 0) is 19.4 Å². The predicted octanol–water partition coefficient (Wildman–Crippen LogP) is 1.38. The van der Waals surface area contributed by atoms with Gasteiger partial charge in [-0.05, 0) is 46.2 Å². The Hall–Kier alpha value is -1.59. The van der Waals surface area contributed by atoms with Crippen molar-refractivity contribution < 1.29 is 27.2 Å². The number of halogens is 1. The van der Waals surface area contributed by atoms with Crippen molar-refractivity contribution in [1.82, 2.24) is 10.2 Å². The Morgan fingerprint density at radius 1 is 1.44 bits per heavy atom. The average Bonchev–Trinajstić information content (AvgIpc) is 3.14. The molecule has 0 saturated carbocycles. The molecule has 3 heterocycles. The minimum Gasteiger partial charge on any atom is -0.450 e. The summed E-state index contributed by atoms with van der Waals surface area (Å²) in [4.78, 5) is 37.3. The zero-order chi connectivity index (χ0) is 18.2. The number of nitrogens with one attached hydrogen (secondary N) is 1. The Morgan fingerprint density at radius 2 is 2.20 bits per heavy atom. The maximum atomic E-state index is 12.3. The molecule has 2 aliphatic heterocycles. The highest BCUT2D eigenvalue weighted by Gasteiger charge is 2.37. The molecule has 0 radical (unpaired) electrons. The van der Waals surface area contributed by atoms with Gasteiger partial charge in [-0.1, -0.05) is 0 Å². The van der Waals surface area contributed by atoms with Crippen molar-refractivity contribution in [1.29, 1.82) is 0 Å². The lowest BCUT2D eigenvalue weighted by Gasteiger charge is -2.15. The van der Waals surface area contributed by atoms with Gasteiger partial charge >= 0.3 is 0 Å². The molecule has 1 aromatic rings. The molecule has 11 heteroatoms. The number of furan rings is 1. The lowest BCUT2D eigenvalue weighted by atomic mass is 10.2. The fourth-order valence-electron chi connectivity index (χ4n) is 2.50. The van der Waals surface area contributed by atoms with E-state index in [1.807, 2.05) is 0 Å². The number of imide groups is 1. The summed E-state index contributed by atoms with van der Waals surface area (Å²) in [5.74, 6) is -0.837. The zero-order valence-corrected chi connectivity index (χ0v) is 15.9. The summed E-state index contributed by atoms with van der Waals surface area (Å²) in [6, 6.07) is 2.80. The molecule has 1 unspecified atom stereocenters. The summed E-state index contributed by atoms with van der Waals surface area (Å²) in [5.41, 5.74) is 0. The van der Waals surface area contributed by atoms with Crippen LogP contribution in [0.5, 0.6) is 0 Å². The number of nitrogens with zero attached hydrogens (tertiary/aromatic N) is 1. The number of hydrogen-bond acceptors (Lipinski definition) is 7. The molecule has 8 nitrogen and oxygen atoms in total. The van der Waals surface area contributed by atoms with Gasteiger partial charge < -0.3 is 9.73 Å². The first-order chi connectivity index (χ1) is 11.7. The SMILES string of the molecule is O=C(CN1C(=O)SC(=Cc2ccc(Br)o2)C1=O)NC1CCS(=O)(=O)C1. The fourth-order valence-corrected chi connectivity index (χ4v) is 5.31. The van der Waals surface area contributed by atoms with E-state index in [0.29, 0.717) is 16.9 Å². The van der Waals surface area contributed by atoms with Crippen LogP contribution in [-0.4, -0.2) is 54.5 Å². The highest BCUT2D eigenvalue weighted by atomic mass is 79.9. The van der Waals surface area contributed by atoms with Crippen molar-refractivity contribution in [2.24, 2.45) is 0 Å². The van der Waals surface area contributed by atoms with Gasteiger partial charge in [0.1, 0.15) is 12.3 Å². The molecule has 3 amide bonds. The summed E-state index contributed by atoms with van der Waals surface area (Å²) in [7, 11) is -3.12. The molecule has 1 atom stereocenters. The average molecular weight is 449 g/mol. The molecule has 2 aliphatic rings. The molecule has 1 N–H and O–H groups in total. The van der Waals surface area contributed by atoms with Crippen LogP contribution in [0.1, 0.15) is 12.2 Å². The highest BCUT2D eigenvalue weighted by Crippen LogP contribution is 2.32. The van der Waals surface area contributed by atoms with Crippen molar-refractivity contribution in [3.63, 3.8) is 0 Å². The quantitative estimate of drug-likeness (QED) is 0.691. The van der Waals surface area contributed by atoms with Gasteiger partial charge in [0, 0.05) is 12.1 Å². The lowest BCUT2D eigenvalue weighted by Crippen LogP contribution is -2.43. The van der Waals surface area contributed by atoms with Crippen LogP contribution in [0.4, 0.5) is 4.79 Å². The zero-order valence-electron chi connectivity index (χ0n) is 12.7. The van der Waals surface area contributed by atoms with Gasteiger partial charge in [0.15, 0.2) is 14.5 Å². The second kappa shape index (κ2) is 6.96. The van der Waals surface area contributed by atoms with Crippen LogP contribution in [0.15, 0.2) is 26.1 Å². The number of carbonyl (C=O) groups excluding carboxylic acids is 3. The van der Waals surface area contributed by atoms with Crippen LogP contribution in [0, 0.1) is 0 Å². The maximum Gasteiger partial charge on any atom is 0.294 e. The van der Waals surface area contributed by atoms with Crippen molar-refractivity contribution in [3.8, 4) is 0 Å². The monoisotopic (exact) mass is 448 g/mol. The minimum absolute atomic E-state index is 0.0287. The van der Waals surface area contributed by atoms with E-state index in [9.17, 15) is 22.8 Å².